The average molecular weight is 314 g/mol. The number of hydrogen-bond acceptors (Lipinski definition) is 6. The Morgan fingerprint density at radius 1 is 1.00 bits per heavy atom. The summed E-state index contributed by atoms with van der Waals surface area (Å²) in [5.74, 6) is -2.63. The van der Waals surface area contributed by atoms with Crippen LogP contribution in [0.3, 0.4) is 0 Å². The van der Waals surface area contributed by atoms with Crippen LogP contribution in [-0.4, -0.2) is 17.4 Å². The molecule has 0 saturated carbocycles. The van der Waals surface area contributed by atoms with Crippen LogP contribution in [0.15, 0.2) is 28.1 Å². The average Bonchev–Trinajstić information content (AvgIpc) is 2.59. The summed E-state index contributed by atoms with van der Waals surface area (Å²) >= 11 is 0. The van der Waals surface area contributed by atoms with Crippen LogP contribution in [0, 0.1) is 34.0 Å². The van der Waals surface area contributed by atoms with Gasteiger partial charge in [0.05, 0.1) is 5.57 Å². The van der Waals surface area contributed by atoms with Crippen molar-refractivity contribution in [3.05, 3.63) is 33.5 Å². The molecular formula is C11K2N4O3. The Kier molecular flexibility index (Phi) is 10.7. The minimum Gasteiger partial charge on any atom is -0.871 e. The third kappa shape index (κ3) is 3.93. The second-order valence-electron chi connectivity index (χ2n) is 2.93. The largest absolute Gasteiger partial charge is 1.00 e. The SMILES string of the molecule is N#CC(=C=[N-])C1=C([O-])C(=C(C#N)C#N)C(=O)C1=O.[K+].[K+]. The van der Waals surface area contributed by atoms with Gasteiger partial charge in [0.1, 0.15) is 23.8 Å². The molecule has 0 amide bonds. The van der Waals surface area contributed by atoms with Crippen molar-refractivity contribution in [1.82, 2.24) is 0 Å². The van der Waals surface area contributed by atoms with E-state index in [0.29, 0.717) is 0 Å². The Hall–Kier alpha value is -0.187. The summed E-state index contributed by atoms with van der Waals surface area (Å²) in [7, 11) is 0. The summed E-state index contributed by atoms with van der Waals surface area (Å²) in [6.07, 6.45) is 0. The summed E-state index contributed by atoms with van der Waals surface area (Å²) in [6, 6.07) is 3.92. The van der Waals surface area contributed by atoms with Gasteiger partial charge in [-0.15, -0.1) is 0 Å². The molecular weight excluding hydrogens is 314 g/mol. The molecule has 20 heavy (non-hydrogen) atoms. The summed E-state index contributed by atoms with van der Waals surface area (Å²) in [4.78, 5) is 22.9. The monoisotopic (exact) mass is 314 g/mol. The molecule has 0 aromatic rings. The van der Waals surface area contributed by atoms with Crippen molar-refractivity contribution in [3.63, 3.8) is 0 Å². The molecule has 7 nitrogen and oxygen atoms in total. The molecule has 9 heteroatoms. The first kappa shape index (κ1) is 22.1. The summed E-state index contributed by atoms with van der Waals surface area (Å²) in [5.41, 5.74) is -3.40. The van der Waals surface area contributed by atoms with Crippen molar-refractivity contribution >= 4 is 17.4 Å². The summed E-state index contributed by atoms with van der Waals surface area (Å²) in [5, 5.41) is 45.9. The predicted molar refractivity (Wildman–Crippen MR) is 52.8 cm³/mol. The van der Waals surface area contributed by atoms with E-state index in [4.69, 9.17) is 21.2 Å². The topological polar surface area (TPSA) is 151 Å². The molecule has 1 rings (SSSR count). The summed E-state index contributed by atoms with van der Waals surface area (Å²) in [6.45, 7) is 0. The van der Waals surface area contributed by atoms with Crippen LogP contribution < -0.4 is 108 Å². The molecule has 0 N–H and O–H groups in total. The molecule has 0 aliphatic heterocycles. The Morgan fingerprint density at radius 2 is 1.50 bits per heavy atom. The van der Waals surface area contributed by atoms with E-state index >= 15 is 0 Å². The van der Waals surface area contributed by atoms with Crippen LogP contribution in [-0.2, 0) is 9.59 Å². The van der Waals surface area contributed by atoms with Crippen molar-refractivity contribution in [1.29, 1.82) is 15.8 Å². The molecule has 1 aliphatic carbocycles. The van der Waals surface area contributed by atoms with Crippen LogP contribution in [0.2, 0.25) is 0 Å². The van der Waals surface area contributed by atoms with Gasteiger partial charge in [-0.2, -0.15) is 15.8 Å². The number of Topliss-reactive ketones (excluding diaryl/α,β-unsaturated/α-hetero) is 2. The van der Waals surface area contributed by atoms with E-state index in [2.05, 4.69) is 0 Å². The van der Waals surface area contributed by atoms with Crippen LogP contribution in [0.1, 0.15) is 0 Å². The number of carbonyl (C=O) groups excluding carboxylic acids is 2. The first-order valence-electron chi connectivity index (χ1n) is 4.26. The Bertz CT molecular complexity index is 706. The fourth-order valence-electron chi connectivity index (χ4n) is 1.29. The zero-order chi connectivity index (χ0) is 13.9. The van der Waals surface area contributed by atoms with Crippen molar-refractivity contribution in [2.75, 3.05) is 0 Å². The first-order chi connectivity index (χ1) is 8.53. The number of nitriles is 3. The number of ketones is 2. The molecule has 0 fully saturated rings. The van der Waals surface area contributed by atoms with Crippen molar-refractivity contribution in [2.45, 2.75) is 0 Å². The van der Waals surface area contributed by atoms with Gasteiger partial charge in [-0.05, 0) is 0 Å². The number of allylic oxidation sites excluding steroid dienone is 4. The second kappa shape index (κ2) is 9.70. The third-order valence-electron chi connectivity index (χ3n) is 2.06. The maximum Gasteiger partial charge on any atom is 1.00 e. The van der Waals surface area contributed by atoms with E-state index in [1.165, 1.54) is 24.1 Å². The molecule has 0 aromatic heterocycles. The number of carbonyl (C=O) groups is 2. The van der Waals surface area contributed by atoms with Gasteiger partial charge >= 0.3 is 103 Å². The van der Waals surface area contributed by atoms with E-state index < -0.39 is 39.6 Å². The van der Waals surface area contributed by atoms with Gasteiger partial charge in [0.25, 0.3) is 0 Å². The van der Waals surface area contributed by atoms with Gasteiger partial charge in [0.2, 0.25) is 11.6 Å². The molecule has 0 unspecified atom stereocenters. The van der Waals surface area contributed by atoms with Gasteiger partial charge < -0.3 is 10.5 Å². The quantitative estimate of drug-likeness (QED) is 0.154. The predicted octanol–water partition coefficient (Wildman–Crippen LogP) is -7.21. The van der Waals surface area contributed by atoms with Crippen molar-refractivity contribution in [3.8, 4) is 18.2 Å². The third-order valence-corrected chi connectivity index (χ3v) is 2.06. The van der Waals surface area contributed by atoms with Crippen LogP contribution in [0.4, 0.5) is 0 Å². The van der Waals surface area contributed by atoms with E-state index in [1.54, 1.807) is 0 Å². The molecule has 0 spiro atoms. The molecule has 0 heterocycles. The van der Waals surface area contributed by atoms with E-state index in [-0.39, 0.29) is 103 Å². The second-order valence-corrected chi connectivity index (χ2v) is 2.93. The zero-order valence-electron chi connectivity index (χ0n) is 10.5. The van der Waals surface area contributed by atoms with Gasteiger partial charge in [-0.1, -0.05) is 5.76 Å². The molecule has 0 saturated heterocycles. The van der Waals surface area contributed by atoms with E-state index in [1.807, 2.05) is 0 Å². The minimum absolute atomic E-state index is 0. The smallest absolute Gasteiger partial charge is 0.871 e. The number of hydrogen-bond donors (Lipinski definition) is 0. The fourth-order valence-corrected chi connectivity index (χ4v) is 1.29. The van der Waals surface area contributed by atoms with Gasteiger partial charge in [0, 0.05) is 11.1 Å². The molecule has 84 valence electrons. The standard InChI is InChI=1S/C11HN4O3.2K/c12-1-5(2-13)7-9(16)8(6(3-14)4-15)11(18)10(7)17;;/h16H;;/q-1;2*+1/p-1. The first-order valence-corrected chi connectivity index (χ1v) is 4.26. The van der Waals surface area contributed by atoms with Crippen molar-refractivity contribution in [2.24, 2.45) is 0 Å². The fraction of sp³-hybridized carbons (Fsp3) is 0. The minimum atomic E-state index is -1.35. The van der Waals surface area contributed by atoms with Gasteiger partial charge in [-0.25, -0.2) is 5.87 Å². The molecule has 0 aromatic carbocycles. The molecule has 0 bridgehead atoms. The number of rotatable bonds is 1. The summed E-state index contributed by atoms with van der Waals surface area (Å²) < 4.78 is 0. The molecule has 1 aliphatic rings. The van der Waals surface area contributed by atoms with E-state index in [9.17, 15) is 14.7 Å². The van der Waals surface area contributed by atoms with Crippen molar-refractivity contribution < 1.29 is 117 Å². The van der Waals surface area contributed by atoms with Gasteiger partial charge in [-0.3, -0.25) is 9.59 Å². The Balaban J connectivity index is 0. The van der Waals surface area contributed by atoms with E-state index in [0.717, 1.165) is 0 Å². The molecule has 0 atom stereocenters. The van der Waals surface area contributed by atoms with Crippen LogP contribution in [0.25, 0.3) is 5.41 Å². The van der Waals surface area contributed by atoms with Gasteiger partial charge in [0.15, 0.2) is 0 Å². The number of nitrogens with zero attached hydrogens (tertiary/aromatic N) is 4. The van der Waals surface area contributed by atoms with Crippen LogP contribution >= 0.6 is 0 Å². The maximum absolute atomic E-state index is 11.7. The Morgan fingerprint density at radius 3 is 1.85 bits per heavy atom. The Labute approximate surface area is 198 Å². The maximum atomic E-state index is 11.7. The van der Waals surface area contributed by atoms with Crippen LogP contribution in [0.5, 0.6) is 0 Å². The zero-order valence-corrected chi connectivity index (χ0v) is 16.8. The normalized spacial score (nSPS) is 12.2. The molecule has 0 radical (unpaired) electrons.